The largest absolute Gasteiger partial charge is 0.490 e. The highest BCUT2D eigenvalue weighted by Crippen LogP contribution is 2.32. The Balaban J connectivity index is 1.31. The SMILES string of the molecule is CC(C)c1ccc(-c2noc(CCC(=O)NC(C)c3ccc4c(c3)OCCCO4)n2)cc1. The summed E-state index contributed by atoms with van der Waals surface area (Å²) in [4.78, 5) is 16.9. The lowest BCUT2D eigenvalue weighted by atomic mass is 10.0. The number of nitrogens with one attached hydrogen (secondary N) is 1. The Morgan fingerprint density at radius 2 is 1.72 bits per heavy atom. The van der Waals surface area contributed by atoms with Gasteiger partial charge in [-0.15, -0.1) is 0 Å². The van der Waals surface area contributed by atoms with Crippen molar-refractivity contribution in [3.05, 3.63) is 59.5 Å². The third kappa shape index (κ3) is 5.28. The molecular weight excluding hydrogens is 406 g/mol. The molecule has 32 heavy (non-hydrogen) atoms. The van der Waals surface area contributed by atoms with Gasteiger partial charge in [0.1, 0.15) is 0 Å². The number of carbonyl (C=O) groups excluding carboxylic acids is 1. The lowest BCUT2D eigenvalue weighted by Crippen LogP contribution is -2.26. The predicted molar refractivity (Wildman–Crippen MR) is 121 cm³/mol. The Morgan fingerprint density at radius 3 is 2.47 bits per heavy atom. The van der Waals surface area contributed by atoms with E-state index in [0.717, 1.165) is 29.0 Å². The standard InChI is InChI=1S/C25H29N3O4/c1-16(2)18-5-7-19(8-6-18)25-27-24(32-28-25)12-11-23(29)26-17(3)20-9-10-21-22(15-20)31-14-4-13-30-21/h5-10,15-17H,4,11-14H2,1-3H3,(H,26,29). The molecule has 1 unspecified atom stereocenters. The zero-order valence-corrected chi connectivity index (χ0v) is 18.8. The highest BCUT2D eigenvalue weighted by Gasteiger charge is 2.16. The van der Waals surface area contributed by atoms with Gasteiger partial charge in [-0.25, -0.2) is 0 Å². The molecule has 1 amide bonds. The van der Waals surface area contributed by atoms with E-state index in [4.69, 9.17) is 14.0 Å². The molecule has 7 heteroatoms. The van der Waals surface area contributed by atoms with E-state index in [0.29, 0.717) is 37.3 Å². The number of hydrogen-bond donors (Lipinski definition) is 1. The number of benzene rings is 2. The van der Waals surface area contributed by atoms with E-state index in [-0.39, 0.29) is 18.4 Å². The number of nitrogens with zero attached hydrogens (tertiary/aromatic N) is 2. The zero-order chi connectivity index (χ0) is 22.5. The Hall–Kier alpha value is -3.35. The van der Waals surface area contributed by atoms with Gasteiger partial charge in [-0.1, -0.05) is 49.3 Å². The average Bonchev–Trinajstić information content (AvgIpc) is 3.14. The van der Waals surface area contributed by atoms with Crippen LogP contribution in [-0.4, -0.2) is 29.3 Å². The molecule has 4 rings (SSSR count). The fraction of sp³-hybridized carbons (Fsp3) is 0.400. The van der Waals surface area contributed by atoms with Crippen LogP contribution >= 0.6 is 0 Å². The Kier molecular flexibility index (Phi) is 6.73. The third-order valence-corrected chi connectivity index (χ3v) is 5.52. The van der Waals surface area contributed by atoms with Crippen LogP contribution < -0.4 is 14.8 Å². The smallest absolute Gasteiger partial charge is 0.227 e. The van der Waals surface area contributed by atoms with Crippen LogP contribution in [0.4, 0.5) is 0 Å². The number of amides is 1. The minimum Gasteiger partial charge on any atom is -0.490 e. The fourth-order valence-electron chi connectivity index (χ4n) is 3.56. The lowest BCUT2D eigenvalue weighted by Gasteiger charge is -2.16. The molecule has 0 radical (unpaired) electrons. The van der Waals surface area contributed by atoms with Gasteiger partial charge in [0, 0.05) is 24.8 Å². The molecule has 0 fully saturated rings. The molecule has 1 N–H and O–H groups in total. The van der Waals surface area contributed by atoms with Crippen molar-refractivity contribution in [1.29, 1.82) is 0 Å². The topological polar surface area (TPSA) is 86.5 Å². The van der Waals surface area contributed by atoms with Crippen molar-refractivity contribution in [2.24, 2.45) is 0 Å². The second-order valence-electron chi connectivity index (χ2n) is 8.33. The normalized spacial score (nSPS) is 14.1. The molecule has 1 atom stereocenters. The lowest BCUT2D eigenvalue weighted by molar-refractivity contribution is -0.121. The molecule has 3 aromatic rings. The van der Waals surface area contributed by atoms with Crippen LogP contribution in [0.3, 0.4) is 0 Å². The maximum Gasteiger partial charge on any atom is 0.227 e. The number of hydrogen-bond acceptors (Lipinski definition) is 6. The number of rotatable bonds is 7. The molecule has 1 aromatic heterocycles. The summed E-state index contributed by atoms with van der Waals surface area (Å²) >= 11 is 0. The molecule has 1 aliphatic rings. The summed E-state index contributed by atoms with van der Waals surface area (Å²) in [7, 11) is 0. The molecule has 0 bridgehead atoms. The quantitative estimate of drug-likeness (QED) is 0.572. The fourth-order valence-corrected chi connectivity index (χ4v) is 3.56. The summed E-state index contributed by atoms with van der Waals surface area (Å²) in [5.74, 6) is 2.85. The van der Waals surface area contributed by atoms with Gasteiger partial charge < -0.3 is 19.3 Å². The first kappa shape index (κ1) is 21.9. The van der Waals surface area contributed by atoms with E-state index in [2.05, 4.69) is 41.4 Å². The second-order valence-corrected chi connectivity index (χ2v) is 8.33. The van der Waals surface area contributed by atoms with Crippen LogP contribution in [0.1, 0.15) is 62.6 Å². The van der Waals surface area contributed by atoms with E-state index in [9.17, 15) is 4.79 Å². The minimum absolute atomic E-state index is 0.0781. The first-order valence-corrected chi connectivity index (χ1v) is 11.1. The van der Waals surface area contributed by atoms with Gasteiger partial charge >= 0.3 is 0 Å². The van der Waals surface area contributed by atoms with Crippen LogP contribution in [0.15, 0.2) is 47.0 Å². The van der Waals surface area contributed by atoms with E-state index in [1.54, 1.807) is 0 Å². The molecule has 7 nitrogen and oxygen atoms in total. The number of aromatic nitrogens is 2. The molecule has 1 aliphatic heterocycles. The molecule has 0 aliphatic carbocycles. The molecular formula is C25H29N3O4. The van der Waals surface area contributed by atoms with Gasteiger partial charge in [-0.3, -0.25) is 4.79 Å². The van der Waals surface area contributed by atoms with Crippen molar-refractivity contribution in [3.8, 4) is 22.9 Å². The number of fused-ring (bicyclic) bond motifs is 1. The predicted octanol–water partition coefficient (Wildman–Crippen LogP) is 4.83. The van der Waals surface area contributed by atoms with Crippen molar-refractivity contribution in [1.82, 2.24) is 15.5 Å². The van der Waals surface area contributed by atoms with Crippen LogP contribution in [0.5, 0.6) is 11.5 Å². The number of aryl methyl sites for hydroxylation is 1. The number of carbonyl (C=O) groups is 1. The van der Waals surface area contributed by atoms with Gasteiger partial charge in [0.2, 0.25) is 17.6 Å². The Morgan fingerprint density at radius 1 is 1.00 bits per heavy atom. The van der Waals surface area contributed by atoms with Crippen LogP contribution in [-0.2, 0) is 11.2 Å². The Labute approximate surface area is 188 Å². The summed E-state index contributed by atoms with van der Waals surface area (Å²) < 4.78 is 16.7. The Bertz CT molecular complexity index is 1060. The van der Waals surface area contributed by atoms with Gasteiger partial charge in [0.15, 0.2) is 11.5 Å². The van der Waals surface area contributed by atoms with E-state index in [1.807, 2.05) is 37.3 Å². The van der Waals surface area contributed by atoms with E-state index < -0.39 is 0 Å². The third-order valence-electron chi connectivity index (χ3n) is 5.52. The number of ether oxygens (including phenoxy) is 2. The summed E-state index contributed by atoms with van der Waals surface area (Å²) in [6.07, 6.45) is 1.51. The van der Waals surface area contributed by atoms with E-state index in [1.165, 1.54) is 5.56 Å². The molecule has 2 heterocycles. The van der Waals surface area contributed by atoms with Crippen LogP contribution in [0.25, 0.3) is 11.4 Å². The van der Waals surface area contributed by atoms with Crippen LogP contribution in [0.2, 0.25) is 0 Å². The van der Waals surface area contributed by atoms with Crippen molar-refractivity contribution in [2.45, 2.75) is 52.0 Å². The summed E-state index contributed by atoms with van der Waals surface area (Å²) in [6, 6.07) is 13.8. The maximum atomic E-state index is 12.5. The minimum atomic E-state index is -0.155. The molecule has 0 saturated carbocycles. The highest BCUT2D eigenvalue weighted by atomic mass is 16.5. The van der Waals surface area contributed by atoms with Crippen molar-refractivity contribution >= 4 is 5.91 Å². The first-order valence-electron chi connectivity index (χ1n) is 11.1. The molecule has 2 aromatic carbocycles. The van der Waals surface area contributed by atoms with Crippen molar-refractivity contribution < 1.29 is 18.8 Å². The van der Waals surface area contributed by atoms with E-state index >= 15 is 0 Å². The van der Waals surface area contributed by atoms with Gasteiger partial charge in [-0.05, 0) is 36.1 Å². The zero-order valence-electron chi connectivity index (χ0n) is 18.8. The highest BCUT2D eigenvalue weighted by molar-refractivity contribution is 5.76. The van der Waals surface area contributed by atoms with Crippen molar-refractivity contribution in [2.75, 3.05) is 13.2 Å². The molecule has 0 spiro atoms. The molecule has 0 saturated heterocycles. The van der Waals surface area contributed by atoms with Crippen LogP contribution in [0, 0.1) is 0 Å². The van der Waals surface area contributed by atoms with Crippen molar-refractivity contribution in [3.63, 3.8) is 0 Å². The maximum absolute atomic E-state index is 12.5. The van der Waals surface area contributed by atoms with Gasteiger partial charge in [0.25, 0.3) is 0 Å². The monoisotopic (exact) mass is 435 g/mol. The summed E-state index contributed by atoms with van der Waals surface area (Å²) in [5.41, 5.74) is 3.13. The van der Waals surface area contributed by atoms with Gasteiger partial charge in [0.05, 0.1) is 19.3 Å². The molecule has 168 valence electrons. The summed E-state index contributed by atoms with van der Waals surface area (Å²) in [5, 5.41) is 7.07. The summed E-state index contributed by atoms with van der Waals surface area (Å²) in [6.45, 7) is 7.54. The second kappa shape index (κ2) is 9.85. The average molecular weight is 436 g/mol. The first-order chi connectivity index (χ1) is 15.5. The van der Waals surface area contributed by atoms with Gasteiger partial charge in [-0.2, -0.15) is 4.98 Å².